The number of para-hydroxylation sites is 1. The van der Waals surface area contributed by atoms with Crippen LogP contribution in [0.15, 0.2) is 29.6 Å². The van der Waals surface area contributed by atoms with Gasteiger partial charge in [0.05, 0.1) is 19.2 Å². The summed E-state index contributed by atoms with van der Waals surface area (Å²) in [5.41, 5.74) is 8.20. The number of hydrogen-bond donors (Lipinski definition) is 1. The molecule has 1 aromatic carbocycles. The van der Waals surface area contributed by atoms with E-state index in [-0.39, 0.29) is 18.3 Å². The first-order valence-corrected chi connectivity index (χ1v) is 8.64. The smallest absolute Gasteiger partial charge is 0.328 e. The monoisotopic (exact) mass is 345 g/mol. The third kappa shape index (κ3) is 3.26. The van der Waals surface area contributed by atoms with Crippen LogP contribution in [0.3, 0.4) is 0 Å². The van der Waals surface area contributed by atoms with Gasteiger partial charge in [0.2, 0.25) is 5.91 Å². The number of thiazole rings is 1. The molecule has 2 N–H and O–H groups in total. The highest BCUT2D eigenvalue weighted by molar-refractivity contribution is 7.13. The maximum absolute atomic E-state index is 12.5. The molecule has 1 aliphatic heterocycles. The molecule has 0 radical (unpaired) electrons. The van der Waals surface area contributed by atoms with Crippen molar-refractivity contribution in [1.29, 1.82) is 0 Å². The Labute approximate surface area is 144 Å². The average Bonchev–Trinajstić information content (AvgIpc) is 3.23. The SMILES string of the molecule is COC(=O)C1CCCN1C(=O)Cc1csc(-c2ccccc2N)n1. The van der Waals surface area contributed by atoms with Gasteiger partial charge in [-0.1, -0.05) is 12.1 Å². The summed E-state index contributed by atoms with van der Waals surface area (Å²) in [6, 6.07) is 7.05. The second kappa shape index (κ2) is 7.00. The summed E-state index contributed by atoms with van der Waals surface area (Å²) in [6.07, 6.45) is 1.65. The lowest BCUT2D eigenvalue weighted by Gasteiger charge is -2.22. The molecule has 1 atom stereocenters. The van der Waals surface area contributed by atoms with E-state index in [1.54, 1.807) is 4.90 Å². The van der Waals surface area contributed by atoms with Crippen LogP contribution in [-0.2, 0) is 20.7 Å². The Morgan fingerprint density at radius 3 is 2.96 bits per heavy atom. The number of benzene rings is 1. The number of nitrogens with zero attached hydrogens (tertiary/aromatic N) is 2. The number of nitrogens with two attached hydrogens (primary N) is 1. The molecule has 0 aliphatic carbocycles. The van der Waals surface area contributed by atoms with Crippen molar-refractivity contribution >= 4 is 28.9 Å². The Balaban J connectivity index is 1.72. The van der Waals surface area contributed by atoms with Crippen LogP contribution >= 0.6 is 11.3 Å². The molecule has 2 heterocycles. The number of carbonyl (C=O) groups excluding carboxylic acids is 2. The molecule has 0 spiro atoms. The molecule has 1 saturated heterocycles. The van der Waals surface area contributed by atoms with Gasteiger partial charge in [0.15, 0.2) is 0 Å². The van der Waals surface area contributed by atoms with E-state index in [2.05, 4.69) is 4.98 Å². The summed E-state index contributed by atoms with van der Waals surface area (Å²) in [7, 11) is 1.35. The minimum Gasteiger partial charge on any atom is -0.467 e. The first-order valence-electron chi connectivity index (χ1n) is 7.76. The number of anilines is 1. The van der Waals surface area contributed by atoms with Crippen molar-refractivity contribution in [3.63, 3.8) is 0 Å². The van der Waals surface area contributed by atoms with Crippen molar-refractivity contribution in [3.05, 3.63) is 35.3 Å². The number of aromatic nitrogens is 1. The van der Waals surface area contributed by atoms with E-state index in [9.17, 15) is 9.59 Å². The van der Waals surface area contributed by atoms with Crippen molar-refractivity contribution in [3.8, 4) is 10.6 Å². The predicted octanol–water partition coefficient (Wildman–Crippen LogP) is 2.10. The number of likely N-dealkylation sites (tertiary alicyclic amines) is 1. The van der Waals surface area contributed by atoms with Crippen molar-refractivity contribution in [2.75, 3.05) is 19.4 Å². The van der Waals surface area contributed by atoms with E-state index >= 15 is 0 Å². The normalized spacial score (nSPS) is 17.0. The third-order valence-corrected chi connectivity index (χ3v) is 5.05. The number of ether oxygens (including phenoxy) is 1. The lowest BCUT2D eigenvalue weighted by atomic mass is 10.2. The fraction of sp³-hybridized carbons (Fsp3) is 0.353. The molecule has 0 saturated carbocycles. The zero-order valence-electron chi connectivity index (χ0n) is 13.4. The molecule has 6 nitrogen and oxygen atoms in total. The predicted molar refractivity (Wildman–Crippen MR) is 92.4 cm³/mol. The summed E-state index contributed by atoms with van der Waals surface area (Å²) in [5.74, 6) is -0.447. The van der Waals surface area contributed by atoms with E-state index < -0.39 is 6.04 Å². The quantitative estimate of drug-likeness (QED) is 0.677. The molecular formula is C17H19N3O3S. The van der Waals surface area contributed by atoms with Crippen LogP contribution in [0.1, 0.15) is 18.5 Å². The van der Waals surface area contributed by atoms with Crippen LogP contribution in [0, 0.1) is 0 Å². The number of rotatable bonds is 4. The maximum atomic E-state index is 12.5. The highest BCUT2D eigenvalue weighted by Gasteiger charge is 2.34. The van der Waals surface area contributed by atoms with Gasteiger partial charge in [-0.15, -0.1) is 11.3 Å². The number of carbonyl (C=O) groups is 2. The Morgan fingerprint density at radius 2 is 2.21 bits per heavy atom. The van der Waals surface area contributed by atoms with Crippen LogP contribution in [-0.4, -0.2) is 41.5 Å². The van der Waals surface area contributed by atoms with Gasteiger partial charge in [-0.05, 0) is 25.0 Å². The molecule has 1 aromatic heterocycles. The molecule has 1 amide bonds. The van der Waals surface area contributed by atoms with E-state index in [0.717, 1.165) is 17.0 Å². The third-order valence-electron chi connectivity index (χ3n) is 4.12. The summed E-state index contributed by atoms with van der Waals surface area (Å²) in [6.45, 7) is 0.585. The van der Waals surface area contributed by atoms with Gasteiger partial charge < -0.3 is 15.4 Å². The van der Waals surface area contributed by atoms with Crippen LogP contribution in [0.5, 0.6) is 0 Å². The van der Waals surface area contributed by atoms with Gasteiger partial charge in [-0.2, -0.15) is 0 Å². The van der Waals surface area contributed by atoms with Crippen LogP contribution < -0.4 is 5.73 Å². The number of nitrogen functional groups attached to an aromatic ring is 1. The molecular weight excluding hydrogens is 326 g/mol. The van der Waals surface area contributed by atoms with Gasteiger partial charge in [0.1, 0.15) is 11.0 Å². The average molecular weight is 345 g/mol. The fourth-order valence-corrected chi connectivity index (χ4v) is 3.77. The zero-order chi connectivity index (χ0) is 17.1. The van der Waals surface area contributed by atoms with Crippen molar-refractivity contribution in [2.24, 2.45) is 0 Å². The van der Waals surface area contributed by atoms with Crippen LogP contribution in [0.4, 0.5) is 5.69 Å². The lowest BCUT2D eigenvalue weighted by Crippen LogP contribution is -2.41. The summed E-state index contributed by atoms with van der Waals surface area (Å²) < 4.78 is 4.78. The second-order valence-corrected chi connectivity index (χ2v) is 6.53. The number of esters is 1. The fourth-order valence-electron chi connectivity index (χ4n) is 2.91. The molecule has 126 valence electrons. The number of amides is 1. The zero-order valence-corrected chi connectivity index (χ0v) is 14.2. The summed E-state index contributed by atoms with van der Waals surface area (Å²) >= 11 is 1.46. The van der Waals surface area contributed by atoms with Crippen LogP contribution in [0.25, 0.3) is 10.6 Å². The maximum Gasteiger partial charge on any atom is 0.328 e. The van der Waals surface area contributed by atoms with E-state index in [4.69, 9.17) is 10.5 Å². The van der Waals surface area contributed by atoms with Crippen LogP contribution in [0.2, 0.25) is 0 Å². The Kier molecular flexibility index (Phi) is 4.80. The molecule has 2 aromatic rings. The summed E-state index contributed by atoms with van der Waals surface area (Å²) in [5, 5.41) is 2.66. The minimum atomic E-state index is -0.467. The molecule has 1 fully saturated rings. The van der Waals surface area contributed by atoms with Gasteiger partial charge in [-0.25, -0.2) is 9.78 Å². The topological polar surface area (TPSA) is 85.5 Å². The van der Waals surface area contributed by atoms with Gasteiger partial charge in [-0.3, -0.25) is 4.79 Å². The molecule has 1 unspecified atom stereocenters. The van der Waals surface area contributed by atoms with Gasteiger partial charge >= 0.3 is 5.97 Å². The van der Waals surface area contributed by atoms with E-state index in [1.807, 2.05) is 29.6 Å². The molecule has 0 bridgehead atoms. The molecule has 3 rings (SSSR count). The van der Waals surface area contributed by atoms with Gasteiger partial charge in [0.25, 0.3) is 0 Å². The van der Waals surface area contributed by atoms with E-state index in [1.165, 1.54) is 18.4 Å². The highest BCUT2D eigenvalue weighted by atomic mass is 32.1. The molecule has 7 heteroatoms. The van der Waals surface area contributed by atoms with Crippen molar-refractivity contribution in [1.82, 2.24) is 9.88 Å². The number of methoxy groups -OCH3 is 1. The lowest BCUT2D eigenvalue weighted by molar-refractivity contribution is -0.150. The Bertz CT molecular complexity index is 759. The number of hydrogen-bond acceptors (Lipinski definition) is 6. The largest absolute Gasteiger partial charge is 0.467 e. The Hall–Kier alpha value is -2.41. The minimum absolute atomic E-state index is 0.0965. The standard InChI is InChI=1S/C17H19N3O3S/c1-23-17(22)14-7-4-8-20(14)15(21)9-11-10-24-16(19-11)12-5-2-3-6-13(12)18/h2-3,5-6,10,14H,4,7-9,18H2,1H3. The highest BCUT2D eigenvalue weighted by Crippen LogP contribution is 2.29. The Morgan fingerprint density at radius 1 is 1.42 bits per heavy atom. The van der Waals surface area contributed by atoms with E-state index in [0.29, 0.717) is 24.3 Å². The second-order valence-electron chi connectivity index (χ2n) is 5.68. The summed E-state index contributed by atoms with van der Waals surface area (Å²) in [4.78, 5) is 30.4. The van der Waals surface area contributed by atoms with Crippen molar-refractivity contribution < 1.29 is 14.3 Å². The van der Waals surface area contributed by atoms with Gasteiger partial charge in [0, 0.05) is 23.2 Å². The van der Waals surface area contributed by atoms with Crippen molar-refractivity contribution in [2.45, 2.75) is 25.3 Å². The molecule has 24 heavy (non-hydrogen) atoms. The first kappa shape index (κ1) is 16.4. The first-order chi connectivity index (χ1) is 11.6. The molecule has 1 aliphatic rings.